The first-order chi connectivity index (χ1) is 11.3. The molecule has 23 heavy (non-hydrogen) atoms. The van der Waals surface area contributed by atoms with Gasteiger partial charge in [0.2, 0.25) is 0 Å². The quantitative estimate of drug-likeness (QED) is 0.873. The van der Waals surface area contributed by atoms with Crippen LogP contribution in [0.4, 0.5) is 5.69 Å². The number of carbonyl (C=O) groups is 1. The monoisotopic (exact) mass is 305 g/mol. The third-order valence-corrected chi connectivity index (χ3v) is 4.51. The van der Waals surface area contributed by atoms with Crippen LogP contribution in [0.5, 0.6) is 0 Å². The van der Waals surface area contributed by atoms with Gasteiger partial charge < -0.3 is 4.90 Å². The van der Waals surface area contributed by atoms with Crippen molar-refractivity contribution in [2.24, 2.45) is 5.10 Å². The molecule has 1 amide bonds. The summed E-state index contributed by atoms with van der Waals surface area (Å²) < 4.78 is 0. The molecule has 2 aromatic carbocycles. The molecule has 1 fully saturated rings. The minimum absolute atomic E-state index is 0.0822. The largest absolute Gasteiger partial charge is 0.337 e. The summed E-state index contributed by atoms with van der Waals surface area (Å²) in [6.45, 7) is 1.72. The van der Waals surface area contributed by atoms with Gasteiger partial charge in [-0.25, -0.2) is 0 Å². The smallest absolute Gasteiger partial charge is 0.270 e. The number of benzene rings is 2. The minimum atomic E-state index is 0.0822. The van der Waals surface area contributed by atoms with Crippen LogP contribution in [0.1, 0.15) is 24.4 Å². The summed E-state index contributed by atoms with van der Waals surface area (Å²) in [6, 6.07) is 20.4. The number of hydrogen-bond donors (Lipinski definition) is 0. The molecule has 4 rings (SSSR count). The van der Waals surface area contributed by atoms with E-state index in [1.54, 1.807) is 0 Å². The van der Waals surface area contributed by atoms with E-state index in [1.807, 2.05) is 58.4 Å². The highest BCUT2D eigenvalue weighted by atomic mass is 16.2. The summed E-state index contributed by atoms with van der Waals surface area (Å²) in [7, 11) is 0. The van der Waals surface area contributed by atoms with E-state index in [2.05, 4.69) is 17.2 Å². The molecule has 2 aliphatic rings. The molecule has 0 bridgehead atoms. The number of amides is 1. The predicted octanol–water partition coefficient (Wildman–Crippen LogP) is 3.23. The maximum Gasteiger partial charge on any atom is 0.270 e. The lowest BCUT2D eigenvalue weighted by molar-refractivity contribution is -0.127. The fourth-order valence-corrected chi connectivity index (χ4v) is 3.09. The van der Waals surface area contributed by atoms with Crippen molar-refractivity contribution in [1.82, 2.24) is 4.90 Å². The second-order valence-corrected chi connectivity index (χ2v) is 6.00. The molecule has 0 radical (unpaired) electrons. The van der Waals surface area contributed by atoms with Crippen molar-refractivity contribution in [2.75, 3.05) is 18.1 Å². The number of hydrogen-bond acceptors (Lipinski definition) is 3. The Morgan fingerprint density at radius 2 is 1.61 bits per heavy atom. The van der Waals surface area contributed by atoms with Gasteiger partial charge in [0.25, 0.3) is 5.91 Å². The zero-order chi connectivity index (χ0) is 15.6. The molecule has 0 spiro atoms. The van der Waals surface area contributed by atoms with Crippen molar-refractivity contribution in [3.05, 3.63) is 66.2 Å². The summed E-state index contributed by atoms with van der Waals surface area (Å²) in [5, 5.41) is 6.67. The lowest BCUT2D eigenvalue weighted by Crippen LogP contribution is -2.45. The molecular formula is C19H19N3O. The van der Waals surface area contributed by atoms with Crippen LogP contribution < -0.4 is 5.01 Å². The lowest BCUT2D eigenvalue weighted by atomic mass is 10.0. The van der Waals surface area contributed by atoms with Crippen molar-refractivity contribution in [3.63, 3.8) is 0 Å². The minimum Gasteiger partial charge on any atom is -0.337 e. The number of likely N-dealkylation sites (tertiary alicyclic amines) is 1. The Kier molecular flexibility index (Phi) is 3.58. The van der Waals surface area contributed by atoms with Crippen LogP contribution in [0.3, 0.4) is 0 Å². The number of para-hydroxylation sites is 1. The van der Waals surface area contributed by atoms with Crippen LogP contribution in [-0.4, -0.2) is 29.6 Å². The maximum absolute atomic E-state index is 12.5. The molecule has 0 N–H and O–H groups in total. The van der Waals surface area contributed by atoms with E-state index in [4.69, 9.17) is 0 Å². The lowest BCUT2D eigenvalue weighted by Gasteiger charge is -2.30. The summed E-state index contributed by atoms with van der Waals surface area (Å²) in [5.74, 6) is 0.0932. The normalized spacial score (nSPS) is 20.2. The number of carbonyl (C=O) groups excluding carboxylic acids is 1. The molecule has 0 unspecified atom stereocenters. The van der Waals surface area contributed by atoms with E-state index < -0.39 is 0 Å². The van der Waals surface area contributed by atoms with E-state index in [0.29, 0.717) is 12.1 Å². The highest BCUT2D eigenvalue weighted by Gasteiger charge is 2.35. The van der Waals surface area contributed by atoms with Gasteiger partial charge in [-0.2, -0.15) is 5.10 Å². The van der Waals surface area contributed by atoms with E-state index in [1.165, 1.54) is 5.56 Å². The van der Waals surface area contributed by atoms with Crippen molar-refractivity contribution < 1.29 is 4.79 Å². The summed E-state index contributed by atoms with van der Waals surface area (Å²) in [4.78, 5) is 14.4. The first kappa shape index (κ1) is 14.0. The standard InChI is InChI=1S/C19H19N3O/c23-19(21-12-7-13-21)17-14-18(15-8-3-1-4-9-15)22(20-17)16-10-5-2-6-11-16/h1-6,8-11,18H,7,12-14H2/t18-/m1/s1. The first-order valence-electron chi connectivity index (χ1n) is 8.09. The number of anilines is 1. The summed E-state index contributed by atoms with van der Waals surface area (Å²) in [6.07, 6.45) is 1.76. The van der Waals surface area contributed by atoms with Gasteiger partial charge in [0.15, 0.2) is 0 Å². The highest BCUT2D eigenvalue weighted by molar-refractivity contribution is 6.39. The maximum atomic E-state index is 12.5. The molecule has 1 atom stereocenters. The van der Waals surface area contributed by atoms with Crippen LogP contribution in [0, 0.1) is 0 Å². The molecular weight excluding hydrogens is 286 g/mol. The second kappa shape index (κ2) is 5.88. The van der Waals surface area contributed by atoms with Crippen molar-refractivity contribution >= 4 is 17.3 Å². The molecule has 4 heteroatoms. The van der Waals surface area contributed by atoms with Crippen molar-refractivity contribution in [1.29, 1.82) is 0 Å². The molecule has 116 valence electrons. The Morgan fingerprint density at radius 1 is 0.957 bits per heavy atom. The molecule has 2 aromatic rings. The van der Waals surface area contributed by atoms with Gasteiger partial charge in [0, 0.05) is 19.5 Å². The van der Waals surface area contributed by atoms with Crippen LogP contribution in [0.2, 0.25) is 0 Å². The Balaban J connectivity index is 1.67. The molecule has 1 saturated heterocycles. The van der Waals surface area contributed by atoms with E-state index in [-0.39, 0.29) is 11.9 Å². The Labute approximate surface area is 136 Å². The average Bonchev–Trinajstić information content (AvgIpc) is 3.00. The van der Waals surface area contributed by atoms with E-state index in [9.17, 15) is 4.79 Å². The Bertz CT molecular complexity index is 723. The predicted molar refractivity (Wildman–Crippen MR) is 91.4 cm³/mol. The Hall–Kier alpha value is -2.62. The zero-order valence-corrected chi connectivity index (χ0v) is 12.9. The Morgan fingerprint density at radius 3 is 2.22 bits per heavy atom. The zero-order valence-electron chi connectivity index (χ0n) is 12.9. The molecule has 2 aliphatic heterocycles. The average molecular weight is 305 g/mol. The topological polar surface area (TPSA) is 35.9 Å². The van der Waals surface area contributed by atoms with Gasteiger partial charge in [-0.05, 0) is 24.1 Å². The third-order valence-electron chi connectivity index (χ3n) is 4.51. The number of hydrazone groups is 1. The summed E-state index contributed by atoms with van der Waals surface area (Å²) in [5.41, 5.74) is 2.88. The van der Waals surface area contributed by atoms with Gasteiger partial charge in [-0.3, -0.25) is 9.80 Å². The van der Waals surface area contributed by atoms with E-state index >= 15 is 0 Å². The van der Waals surface area contributed by atoms with Crippen molar-refractivity contribution in [3.8, 4) is 0 Å². The van der Waals surface area contributed by atoms with Gasteiger partial charge in [0.05, 0.1) is 11.7 Å². The third kappa shape index (κ3) is 2.61. The van der Waals surface area contributed by atoms with Gasteiger partial charge in [-0.15, -0.1) is 0 Å². The second-order valence-electron chi connectivity index (χ2n) is 6.00. The molecule has 2 heterocycles. The number of nitrogens with zero attached hydrogens (tertiary/aromatic N) is 3. The molecule has 0 saturated carbocycles. The van der Waals surface area contributed by atoms with Crippen molar-refractivity contribution in [2.45, 2.75) is 18.9 Å². The summed E-state index contributed by atoms with van der Waals surface area (Å²) >= 11 is 0. The fourth-order valence-electron chi connectivity index (χ4n) is 3.09. The fraction of sp³-hybridized carbons (Fsp3) is 0.263. The first-order valence-corrected chi connectivity index (χ1v) is 8.09. The molecule has 4 nitrogen and oxygen atoms in total. The van der Waals surface area contributed by atoms with Crippen LogP contribution in [0.15, 0.2) is 65.8 Å². The molecule has 0 aromatic heterocycles. The highest BCUT2D eigenvalue weighted by Crippen LogP contribution is 2.35. The SMILES string of the molecule is O=C(C1=NN(c2ccccc2)[C@@H](c2ccccc2)C1)N1CCC1. The van der Waals surface area contributed by atoms with Crippen LogP contribution in [0.25, 0.3) is 0 Å². The van der Waals surface area contributed by atoms with Gasteiger partial charge in [-0.1, -0.05) is 48.5 Å². The molecule has 0 aliphatic carbocycles. The van der Waals surface area contributed by atoms with E-state index in [0.717, 1.165) is 25.2 Å². The van der Waals surface area contributed by atoms with Crippen LogP contribution >= 0.6 is 0 Å². The van der Waals surface area contributed by atoms with Crippen LogP contribution in [-0.2, 0) is 4.79 Å². The number of rotatable bonds is 3. The van der Waals surface area contributed by atoms with Gasteiger partial charge in [0.1, 0.15) is 5.71 Å². The van der Waals surface area contributed by atoms with Gasteiger partial charge >= 0.3 is 0 Å².